The molecule has 0 fully saturated rings. The highest BCUT2D eigenvalue weighted by molar-refractivity contribution is 6.17. The summed E-state index contributed by atoms with van der Waals surface area (Å²) < 4.78 is 17.8. The Balaban J connectivity index is 2.11. The van der Waals surface area contributed by atoms with Crippen molar-refractivity contribution in [3.8, 4) is 0 Å². The lowest BCUT2D eigenvalue weighted by atomic mass is 10.3. The van der Waals surface area contributed by atoms with E-state index >= 15 is 0 Å². The van der Waals surface area contributed by atoms with Crippen molar-refractivity contribution in [3.63, 3.8) is 0 Å². The summed E-state index contributed by atoms with van der Waals surface area (Å²) in [6.45, 7) is 3.31. The van der Waals surface area contributed by atoms with Crippen LogP contribution in [0.2, 0.25) is 0 Å². The minimum Gasteiger partial charge on any atom is -0.320 e. The second kappa shape index (κ2) is 5.81. The van der Waals surface area contributed by atoms with Gasteiger partial charge >= 0.3 is 0 Å². The van der Waals surface area contributed by atoms with Crippen LogP contribution >= 0.6 is 11.6 Å². The fourth-order valence-electron chi connectivity index (χ4n) is 2.42. The Morgan fingerprint density at radius 3 is 2.90 bits per heavy atom. The summed E-state index contributed by atoms with van der Waals surface area (Å²) in [6.07, 6.45) is 2.27. The quantitative estimate of drug-likeness (QED) is 0.681. The van der Waals surface area contributed by atoms with Crippen LogP contribution in [0.15, 0.2) is 24.5 Å². The van der Waals surface area contributed by atoms with Crippen molar-refractivity contribution in [1.29, 1.82) is 0 Å². The normalized spacial score (nSPS) is 11.4. The van der Waals surface area contributed by atoms with Gasteiger partial charge in [-0.15, -0.1) is 21.8 Å². The zero-order valence-electron chi connectivity index (χ0n) is 11.6. The Morgan fingerprint density at radius 2 is 2.14 bits per heavy atom. The molecular formula is C14H15ClFN5. The number of benzene rings is 1. The second-order valence-corrected chi connectivity index (χ2v) is 5.07. The summed E-state index contributed by atoms with van der Waals surface area (Å²) >= 11 is 5.84. The maximum atomic E-state index is 13.9. The molecule has 7 heteroatoms. The van der Waals surface area contributed by atoms with Crippen LogP contribution in [0.25, 0.3) is 11.0 Å². The minimum atomic E-state index is -0.320. The lowest BCUT2D eigenvalue weighted by Crippen LogP contribution is -2.11. The first kappa shape index (κ1) is 14.0. The van der Waals surface area contributed by atoms with Crippen molar-refractivity contribution in [3.05, 3.63) is 42.0 Å². The third-order valence-corrected chi connectivity index (χ3v) is 3.65. The topological polar surface area (TPSA) is 48.5 Å². The average Bonchev–Trinajstić information content (AvgIpc) is 3.06. The van der Waals surface area contributed by atoms with Crippen LogP contribution in [0.4, 0.5) is 4.39 Å². The molecule has 3 rings (SSSR count). The predicted octanol–water partition coefficient (Wildman–Crippen LogP) is 2.62. The van der Waals surface area contributed by atoms with Crippen LogP contribution in [0.5, 0.6) is 0 Å². The number of para-hydroxylation sites is 1. The van der Waals surface area contributed by atoms with Crippen molar-refractivity contribution in [1.82, 2.24) is 24.3 Å². The lowest BCUT2D eigenvalue weighted by Gasteiger charge is -2.09. The van der Waals surface area contributed by atoms with Gasteiger partial charge in [0.05, 0.1) is 12.1 Å². The summed E-state index contributed by atoms with van der Waals surface area (Å²) in [5.41, 5.74) is 1.13. The molecule has 0 unspecified atom stereocenters. The lowest BCUT2D eigenvalue weighted by molar-refractivity contribution is 0.637. The molecule has 5 nitrogen and oxygen atoms in total. The van der Waals surface area contributed by atoms with Crippen LogP contribution in [0.3, 0.4) is 0 Å². The molecule has 110 valence electrons. The molecule has 0 bridgehead atoms. The molecule has 0 spiro atoms. The van der Waals surface area contributed by atoms with E-state index in [1.165, 1.54) is 6.07 Å². The van der Waals surface area contributed by atoms with Gasteiger partial charge in [0.15, 0.2) is 11.6 Å². The van der Waals surface area contributed by atoms with Crippen molar-refractivity contribution in [2.24, 2.45) is 0 Å². The standard InChI is InChI=1S/C14H15ClFN5/c1-2-20-9-17-19-13(20)8-21-11-5-3-4-10(16)14(11)18-12(21)6-7-15/h3-5,9H,2,6-8H2,1H3. The van der Waals surface area contributed by atoms with E-state index in [0.29, 0.717) is 24.4 Å². The van der Waals surface area contributed by atoms with E-state index in [1.807, 2.05) is 22.1 Å². The zero-order valence-corrected chi connectivity index (χ0v) is 12.4. The first-order valence-corrected chi connectivity index (χ1v) is 7.34. The van der Waals surface area contributed by atoms with Gasteiger partial charge < -0.3 is 9.13 Å². The van der Waals surface area contributed by atoms with Gasteiger partial charge in [0.1, 0.15) is 17.7 Å². The maximum Gasteiger partial charge on any atom is 0.152 e. The first-order valence-electron chi connectivity index (χ1n) is 6.80. The number of aryl methyl sites for hydroxylation is 2. The molecule has 0 saturated heterocycles. The average molecular weight is 308 g/mol. The Labute approximate surface area is 126 Å². The molecule has 0 aliphatic rings. The molecule has 2 aromatic heterocycles. The molecule has 0 amide bonds. The predicted molar refractivity (Wildman–Crippen MR) is 78.9 cm³/mol. The number of fused-ring (bicyclic) bond motifs is 1. The van der Waals surface area contributed by atoms with Crippen LogP contribution < -0.4 is 0 Å². The summed E-state index contributed by atoms with van der Waals surface area (Å²) in [5.74, 6) is 1.69. The molecule has 0 N–H and O–H groups in total. The highest BCUT2D eigenvalue weighted by Crippen LogP contribution is 2.21. The van der Waals surface area contributed by atoms with Gasteiger partial charge in [-0.3, -0.25) is 0 Å². The number of alkyl halides is 1. The van der Waals surface area contributed by atoms with Crippen molar-refractivity contribution < 1.29 is 4.39 Å². The molecule has 0 aliphatic carbocycles. The third kappa shape index (κ3) is 2.51. The highest BCUT2D eigenvalue weighted by Gasteiger charge is 2.15. The van der Waals surface area contributed by atoms with E-state index < -0.39 is 0 Å². The Hall–Kier alpha value is -1.95. The van der Waals surface area contributed by atoms with Gasteiger partial charge in [-0.25, -0.2) is 9.37 Å². The van der Waals surface area contributed by atoms with E-state index in [1.54, 1.807) is 12.4 Å². The first-order chi connectivity index (χ1) is 10.2. The Kier molecular flexibility index (Phi) is 3.88. The molecule has 21 heavy (non-hydrogen) atoms. The van der Waals surface area contributed by atoms with Crippen molar-refractivity contribution in [2.75, 3.05) is 5.88 Å². The van der Waals surface area contributed by atoms with E-state index in [2.05, 4.69) is 15.2 Å². The SMILES string of the molecule is CCn1cnnc1Cn1c(CCCl)nc2c(F)cccc21. The molecule has 0 saturated carbocycles. The monoisotopic (exact) mass is 307 g/mol. The van der Waals surface area contributed by atoms with Gasteiger partial charge in [0.2, 0.25) is 0 Å². The molecule has 0 aliphatic heterocycles. The van der Waals surface area contributed by atoms with E-state index in [0.717, 1.165) is 23.7 Å². The highest BCUT2D eigenvalue weighted by atomic mass is 35.5. The fourth-order valence-corrected chi connectivity index (χ4v) is 2.59. The molecule has 2 heterocycles. The number of nitrogens with zero attached hydrogens (tertiary/aromatic N) is 5. The largest absolute Gasteiger partial charge is 0.320 e. The van der Waals surface area contributed by atoms with Crippen LogP contribution in [-0.2, 0) is 19.5 Å². The molecule has 0 atom stereocenters. The van der Waals surface area contributed by atoms with Crippen LogP contribution in [0.1, 0.15) is 18.6 Å². The number of aromatic nitrogens is 5. The summed E-state index contributed by atoms with van der Waals surface area (Å²) in [4.78, 5) is 4.38. The van der Waals surface area contributed by atoms with E-state index in [9.17, 15) is 4.39 Å². The fraction of sp³-hybridized carbons (Fsp3) is 0.357. The maximum absolute atomic E-state index is 13.9. The number of imidazole rings is 1. The molecular weight excluding hydrogens is 293 g/mol. The summed E-state index contributed by atoms with van der Waals surface area (Å²) in [5, 5.41) is 8.06. The van der Waals surface area contributed by atoms with Gasteiger partial charge in [0.25, 0.3) is 0 Å². The van der Waals surface area contributed by atoms with Gasteiger partial charge in [-0.1, -0.05) is 6.07 Å². The second-order valence-electron chi connectivity index (χ2n) is 4.69. The minimum absolute atomic E-state index is 0.320. The van der Waals surface area contributed by atoms with E-state index in [4.69, 9.17) is 11.6 Å². The summed E-state index contributed by atoms with van der Waals surface area (Å²) in [7, 11) is 0. The van der Waals surface area contributed by atoms with Gasteiger partial charge in [-0.05, 0) is 19.1 Å². The Bertz CT molecular complexity index is 764. The zero-order chi connectivity index (χ0) is 14.8. The molecule has 3 aromatic rings. The third-order valence-electron chi connectivity index (χ3n) is 3.46. The van der Waals surface area contributed by atoms with Gasteiger partial charge in [-0.2, -0.15) is 0 Å². The van der Waals surface area contributed by atoms with Crippen LogP contribution in [-0.4, -0.2) is 30.2 Å². The van der Waals surface area contributed by atoms with Crippen molar-refractivity contribution >= 4 is 22.6 Å². The molecule has 1 aromatic carbocycles. The van der Waals surface area contributed by atoms with Crippen molar-refractivity contribution in [2.45, 2.75) is 26.4 Å². The van der Waals surface area contributed by atoms with E-state index in [-0.39, 0.29) is 5.82 Å². The number of hydrogen-bond donors (Lipinski definition) is 0. The Morgan fingerprint density at radius 1 is 1.29 bits per heavy atom. The van der Waals surface area contributed by atoms with Gasteiger partial charge in [0, 0.05) is 18.8 Å². The van der Waals surface area contributed by atoms with Crippen LogP contribution in [0, 0.1) is 5.82 Å². The smallest absolute Gasteiger partial charge is 0.152 e. The number of hydrogen-bond acceptors (Lipinski definition) is 3. The number of halogens is 2. The number of rotatable bonds is 5. The molecule has 0 radical (unpaired) electrons. The summed E-state index contributed by atoms with van der Waals surface area (Å²) in [6, 6.07) is 4.96.